The van der Waals surface area contributed by atoms with Crippen LogP contribution in [0, 0.1) is 0 Å². The molecule has 0 aliphatic heterocycles. The first-order valence-electron chi connectivity index (χ1n) is 13.1. The molecular weight excluding hydrogens is 420 g/mol. The summed E-state index contributed by atoms with van der Waals surface area (Å²) < 4.78 is 10.7. The number of ether oxygens (including phenoxy) is 2. The van der Waals surface area contributed by atoms with Gasteiger partial charge < -0.3 is 9.47 Å². The first kappa shape index (κ1) is 27.6. The quantitative estimate of drug-likeness (QED) is 0.134. The molecule has 0 N–H and O–H groups in total. The predicted molar refractivity (Wildman–Crippen MR) is 146 cm³/mol. The molecule has 186 valence electrons. The molecule has 0 amide bonds. The first-order chi connectivity index (χ1) is 16.7. The standard InChI is InChI=1S/C30H44N2O2/c1-5-7-9-11-13-15-29(25-17-21-27(33-3)22-18-25)31-32-30(16-14-12-10-8-6-2)26-19-23-28(34-4)24-20-26/h17-24H,5-16H2,1-4H3. The molecule has 2 rings (SSSR count). The minimum absolute atomic E-state index is 0.862. The summed E-state index contributed by atoms with van der Waals surface area (Å²) in [6, 6.07) is 16.4. The molecule has 0 aliphatic rings. The van der Waals surface area contributed by atoms with Crippen molar-refractivity contribution in [2.75, 3.05) is 14.2 Å². The van der Waals surface area contributed by atoms with Gasteiger partial charge in [0.2, 0.25) is 0 Å². The largest absolute Gasteiger partial charge is 0.497 e. The number of nitrogens with zero attached hydrogens (tertiary/aromatic N) is 2. The zero-order chi connectivity index (χ0) is 24.4. The van der Waals surface area contributed by atoms with Crippen LogP contribution in [0.25, 0.3) is 0 Å². The van der Waals surface area contributed by atoms with Crippen molar-refractivity contribution in [1.29, 1.82) is 0 Å². The average Bonchev–Trinajstić information content (AvgIpc) is 2.89. The fourth-order valence-corrected chi connectivity index (χ4v) is 3.98. The zero-order valence-electron chi connectivity index (χ0n) is 21.8. The van der Waals surface area contributed by atoms with E-state index in [2.05, 4.69) is 38.1 Å². The van der Waals surface area contributed by atoms with Gasteiger partial charge >= 0.3 is 0 Å². The number of benzene rings is 2. The Balaban J connectivity index is 2.26. The lowest BCUT2D eigenvalue weighted by Crippen LogP contribution is -2.04. The van der Waals surface area contributed by atoms with Crippen LogP contribution in [-0.2, 0) is 0 Å². The van der Waals surface area contributed by atoms with Crippen LogP contribution in [0.3, 0.4) is 0 Å². The molecule has 0 atom stereocenters. The molecule has 0 saturated heterocycles. The minimum atomic E-state index is 0.862. The summed E-state index contributed by atoms with van der Waals surface area (Å²) in [6.07, 6.45) is 14.3. The van der Waals surface area contributed by atoms with Crippen LogP contribution < -0.4 is 9.47 Å². The number of hydrogen-bond acceptors (Lipinski definition) is 4. The van der Waals surface area contributed by atoms with Gasteiger partial charge in [0.1, 0.15) is 11.5 Å². The smallest absolute Gasteiger partial charge is 0.118 e. The molecule has 0 aliphatic carbocycles. The van der Waals surface area contributed by atoms with Crippen molar-refractivity contribution >= 4 is 11.4 Å². The van der Waals surface area contributed by atoms with Gasteiger partial charge in [-0.15, -0.1) is 0 Å². The lowest BCUT2D eigenvalue weighted by molar-refractivity contribution is 0.414. The Morgan fingerprint density at radius 2 is 0.882 bits per heavy atom. The highest BCUT2D eigenvalue weighted by atomic mass is 16.5. The number of unbranched alkanes of at least 4 members (excludes halogenated alkanes) is 8. The minimum Gasteiger partial charge on any atom is -0.497 e. The molecule has 0 unspecified atom stereocenters. The van der Waals surface area contributed by atoms with E-state index in [0.717, 1.165) is 59.7 Å². The summed E-state index contributed by atoms with van der Waals surface area (Å²) in [5.74, 6) is 1.72. The summed E-state index contributed by atoms with van der Waals surface area (Å²) in [4.78, 5) is 0. The fraction of sp³-hybridized carbons (Fsp3) is 0.533. The van der Waals surface area contributed by atoms with Crippen molar-refractivity contribution in [3.8, 4) is 11.5 Å². The van der Waals surface area contributed by atoms with Crippen LogP contribution in [0.2, 0.25) is 0 Å². The van der Waals surface area contributed by atoms with Crippen molar-refractivity contribution in [1.82, 2.24) is 0 Å². The van der Waals surface area contributed by atoms with Gasteiger partial charge in [-0.2, -0.15) is 10.2 Å². The van der Waals surface area contributed by atoms with Crippen LogP contribution in [0.1, 0.15) is 102 Å². The maximum Gasteiger partial charge on any atom is 0.118 e. The lowest BCUT2D eigenvalue weighted by Gasteiger charge is -2.09. The van der Waals surface area contributed by atoms with Gasteiger partial charge in [-0.05, 0) is 85.3 Å². The van der Waals surface area contributed by atoms with E-state index in [9.17, 15) is 0 Å². The number of hydrogen-bond donors (Lipinski definition) is 0. The van der Waals surface area contributed by atoms with E-state index in [1.165, 1.54) is 51.4 Å². The van der Waals surface area contributed by atoms with Crippen molar-refractivity contribution in [2.24, 2.45) is 10.2 Å². The summed E-state index contributed by atoms with van der Waals surface area (Å²) in [5.41, 5.74) is 4.35. The monoisotopic (exact) mass is 464 g/mol. The molecule has 2 aromatic rings. The molecule has 0 heterocycles. The normalized spacial score (nSPS) is 12.1. The summed E-state index contributed by atoms with van der Waals surface area (Å²) in [6.45, 7) is 4.50. The third-order valence-corrected chi connectivity index (χ3v) is 6.17. The molecule has 0 aromatic heterocycles. The summed E-state index contributed by atoms with van der Waals surface area (Å²) >= 11 is 0. The molecule has 0 radical (unpaired) electrons. The van der Waals surface area contributed by atoms with E-state index in [-0.39, 0.29) is 0 Å². The topological polar surface area (TPSA) is 43.2 Å². The van der Waals surface area contributed by atoms with E-state index in [1.54, 1.807) is 14.2 Å². The summed E-state index contributed by atoms with van der Waals surface area (Å²) in [7, 11) is 3.40. The Hall–Kier alpha value is -2.62. The molecular formula is C30H44N2O2. The second kappa shape index (κ2) is 16.9. The second-order valence-corrected chi connectivity index (χ2v) is 8.88. The highest BCUT2D eigenvalue weighted by molar-refractivity contribution is 6.03. The second-order valence-electron chi connectivity index (χ2n) is 8.88. The Morgan fingerprint density at radius 3 is 1.21 bits per heavy atom. The van der Waals surface area contributed by atoms with Crippen LogP contribution in [0.4, 0.5) is 0 Å². The Labute approximate surface area is 207 Å². The lowest BCUT2D eigenvalue weighted by atomic mass is 10.0. The van der Waals surface area contributed by atoms with Gasteiger partial charge in [0.25, 0.3) is 0 Å². The van der Waals surface area contributed by atoms with Crippen LogP contribution >= 0.6 is 0 Å². The van der Waals surface area contributed by atoms with Crippen LogP contribution in [0.15, 0.2) is 58.7 Å². The van der Waals surface area contributed by atoms with E-state index >= 15 is 0 Å². The number of methoxy groups -OCH3 is 2. The van der Waals surface area contributed by atoms with Gasteiger partial charge in [-0.25, -0.2) is 0 Å². The van der Waals surface area contributed by atoms with Crippen LogP contribution in [0.5, 0.6) is 11.5 Å². The predicted octanol–water partition coefficient (Wildman–Crippen LogP) is 8.62. The fourth-order valence-electron chi connectivity index (χ4n) is 3.98. The highest BCUT2D eigenvalue weighted by Gasteiger charge is 2.08. The summed E-state index contributed by atoms with van der Waals surface area (Å²) in [5, 5.41) is 9.67. The van der Waals surface area contributed by atoms with Crippen LogP contribution in [-0.4, -0.2) is 25.6 Å². The van der Waals surface area contributed by atoms with Crippen molar-refractivity contribution in [3.05, 3.63) is 59.7 Å². The maximum absolute atomic E-state index is 5.34. The van der Waals surface area contributed by atoms with Gasteiger partial charge in [0, 0.05) is 0 Å². The molecule has 2 aromatic carbocycles. The third kappa shape index (κ3) is 10.1. The van der Waals surface area contributed by atoms with Crippen molar-refractivity contribution in [3.63, 3.8) is 0 Å². The van der Waals surface area contributed by atoms with Gasteiger partial charge in [-0.1, -0.05) is 65.2 Å². The van der Waals surface area contributed by atoms with Gasteiger partial charge in [-0.3, -0.25) is 0 Å². The Kier molecular flexibility index (Phi) is 13.7. The van der Waals surface area contributed by atoms with Gasteiger partial charge in [0.15, 0.2) is 0 Å². The van der Waals surface area contributed by atoms with E-state index in [4.69, 9.17) is 19.7 Å². The SMILES string of the molecule is CCCCCCCC(=NN=C(CCCCCCC)c1ccc(OC)cc1)c1ccc(OC)cc1. The van der Waals surface area contributed by atoms with E-state index < -0.39 is 0 Å². The molecule has 34 heavy (non-hydrogen) atoms. The van der Waals surface area contributed by atoms with Gasteiger partial charge in [0.05, 0.1) is 25.6 Å². The maximum atomic E-state index is 5.34. The Bertz CT molecular complexity index is 781. The molecule has 0 bridgehead atoms. The average molecular weight is 465 g/mol. The third-order valence-electron chi connectivity index (χ3n) is 6.17. The number of rotatable bonds is 17. The van der Waals surface area contributed by atoms with Crippen molar-refractivity contribution in [2.45, 2.75) is 90.9 Å². The highest BCUT2D eigenvalue weighted by Crippen LogP contribution is 2.18. The van der Waals surface area contributed by atoms with Crippen molar-refractivity contribution < 1.29 is 9.47 Å². The van der Waals surface area contributed by atoms with E-state index in [1.807, 2.05) is 24.3 Å². The molecule has 0 fully saturated rings. The first-order valence-corrected chi connectivity index (χ1v) is 13.1. The van der Waals surface area contributed by atoms with E-state index in [0.29, 0.717) is 0 Å². The zero-order valence-corrected chi connectivity index (χ0v) is 21.8. The Morgan fingerprint density at radius 1 is 0.529 bits per heavy atom. The molecule has 4 nitrogen and oxygen atoms in total. The molecule has 0 spiro atoms. The molecule has 0 saturated carbocycles. The molecule has 4 heteroatoms.